The highest BCUT2D eigenvalue weighted by Crippen LogP contribution is 2.65. The maximum Gasteiger partial charge on any atom is 0.312 e. The quantitative estimate of drug-likeness (QED) is 0.503. The molecule has 0 aromatic heterocycles. The molecule has 0 saturated carbocycles. The lowest BCUT2D eigenvalue weighted by molar-refractivity contribution is -0.161. The fourth-order valence-electron chi connectivity index (χ4n) is 7.17. The number of hydrogen-bond donors (Lipinski definition) is 2. The van der Waals surface area contributed by atoms with E-state index in [0.717, 1.165) is 16.7 Å². The van der Waals surface area contributed by atoms with E-state index in [2.05, 4.69) is 5.32 Å². The summed E-state index contributed by atoms with van der Waals surface area (Å²) in [6.07, 6.45) is 0.802. The number of nitrogens with one attached hydrogen (secondary N) is 1. The van der Waals surface area contributed by atoms with Gasteiger partial charge < -0.3 is 24.8 Å². The molecular weight excluding hydrogens is 496 g/mol. The third-order valence-corrected chi connectivity index (χ3v) is 9.11. The second-order valence-electron chi connectivity index (χ2n) is 11.5. The minimum Gasteiger partial charge on any atom is -0.466 e. The van der Waals surface area contributed by atoms with Gasteiger partial charge in [-0.2, -0.15) is 0 Å². The predicted molar refractivity (Wildman–Crippen MR) is 146 cm³/mol. The van der Waals surface area contributed by atoms with Gasteiger partial charge in [0.15, 0.2) is 0 Å². The van der Waals surface area contributed by atoms with E-state index in [9.17, 15) is 19.5 Å². The smallest absolute Gasteiger partial charge is 0.312 e. The number of carbonyl (C=O) groups is 3. The summed E-state index contributed by atoms with van der Waals surface area (Å²) in [6.45, 7) is 9.30. The molecule has 2 aromatic carbocycles. The topological polar surface area (TPSA) is 105 Å². The molecule has 8 heteroatoms. The van der Waals surface area contributed by atoms with Crippen molar-refractivity contribution in [2.45, 2.75) is 70.7 Å². The van der Waals surface area contributed by atoms with Crippen LogP contribution in [0.25, 0.3) is 0 Å². The Morgan fingerprint density at radius 1 is 1.21 bits per heavy atom. The second kappa shape index (κ2) is 10.1. The summed E-state index contributed by atoms with van der Waals surface area (Å²) >= 11 is 0. The molecule has 8 nitrogen and oxygen atoms in total. The van der Waals surface area contributed by atoms with E-state index in [4.69, 9.17) is 9.47 Å². The normalized spacial score (nSPS) is 31.7. The number of esters is 1. The minimum absolute atomic E-state index is 0.0892. The fraction of sp³-hybridized carbons (Fsp3) is 0.516. The second-order valence-corrected chi connectivity index (χ2v) is 11.5. The summed E-state index contributed by atoms with van der Waals surface area (Å²) in [5.41, 5.74) is 1.32. The van der Waals surface area contributed by atoms with Crippen LogP contribution in [0.5, 0.6) is 0 Å². The van der Waals surface area contributed by atoms with Gasteiger partial charge in [0, 0.05) is 5.69 Å². The Morgan fingerprint density at radius 2 is 1.92 bits per heavy atom. The van der Waals surface area contributed by atoms with Crippen molar-refractivity contribution in [1.29, 1.82) is 0 Å². The Balaban J connectivity index is 1.61. The molecule has 3 saturated heterocycles. The van der Waals surface area contributed by atoms with Crippen molar-refractivity contribution >= 4 is 23.5 Å². The van der Waals surface area contributed by atoms with Crippen LogP contribution in [0.1, 0.15) is 43.9 Å². The van der Waals surface area contributed by atoms with Crippen LogP contribution in [-0.4, -0.2) is 64.3 Å². The Hall–Kier alpha value is -3.23. The number of ether oxygens (including phenoxy) is 2. The van der Waals surface area contributed by atoms with E-state index >= 15 is 0 Å². The third kappa shape index (κ3) is 4.25. The van der Waals surface area contributed by atoms with Gasteiger partial charge in [0.1, 0.15) is 17.6 Å². The molecule has 2 bridgehead atoms. The number of aliphatic hydroxyl groups is 1. The summed E-state index contributed by atoms with van der Waals surface area (Å²) in [7, 11) is 0. The predicted octanol–water partition coefficient (Wildman–Crippen LogP) is 3.42. The first-order valence-electron chi connectivity index (χ1n) is 13.8. The van der Waals surface area contributed by atoms with Gasteiger partial charge in [-0.15, -0.1) is 0 Å². The fourth-order valence-corrected chi connectivity index (χ4v) is 7.17. The number of rotatable bonds is 8. The Labute approximate surface area is 229 Å². The number of fused-ring (bicyclic) bond motifs is 1. The lowest BCUT2D eigenvalue weighted by Crippen LogP contribution is -2.57. The first kappa shape index (κ1) is 27.3. The molecule has 2 N–H and O–H groups in total. The van der Waals surface area contributed by atoms with Gasteiger partial charge in [-0.1, -0.05) is 49.4 Å². The van der Waals surface area contributed by atoms with Gasteiger partial charge in [-0.25, -0.2) is 0 Å². The number of hydrogen-bond acceptors (Lipinski definition) is 6. The van der Waals surface area contributed by atoms with Gasteiger partial charge in [-0.05, 0) is 69.2 Å². The molecule has 5 rings (SSSR count). The monoisotopic (exact) mass is 534 g/mol. The van der Waals surface area contributed by atoms with Crippen LogP contribution in [0.4, 0.5) is 5.69 Å². The highest BCUT2D eigenvalue weighted by atomic mass is 16.6. The summed E-state index contributed by atoms with van der Waals surface area (Å²) in [5.74, 6) is -3.02. The minimum atomic E-state index is -1.21. The van der Waals surface area contributed by atoms with Crippen LogP contribution in [0, 0.1) is 31.6 Å². The van der Waals surface area contributed by atoms with Crippen LogP contribution < -0.4 is 5.32 Å². The van der Waals surface area contributed by atoms with E-state index in [1.807, 2.05) is 76.2 Å². The molecule has 2 aromatic rings. The number of nitrogens with zero attached hydrogens (tertiary/aromatic N) is 1. The van der Waals surface area contributed by atoms with Gasteiger partial charge in [0.05, 0.1) is 30.8 Å². The Bertz CT molecular complexity index is 1280. The van der Waals surface area contributed by atoms with Crippen molar-refractivity contribution in [3.63, 3.8) is 0 Å². The van der Waals surface area contributed by atoms with Crippen LogP contribution in [0.15, 0.2) is 48.5 Å². The zero-order valence-corrected chi connectivity index (χ0v) is 23.3. The van der Waals surface area contributed by atoms with Crippen LogP contribution >= 0.6 is 0 Å². The van der Waals surface area contributed by atoms with Crippen molar-refractivity contribution < 1.29 is 29.0 Å². The molecular formula is C31H38N2O6. The number of aliphatic hydroxyl groups excluding tert-OH is 1. The molecule has 3 aliphatic rings. The van der Waals surface area contributed by atoms with E-state index in [1.165, 1.54) is 4.90 Å². The number of likely N-dealkylation sites (tertiary alicyclic amines) is 1. The average Bonchev–Trinajstić information content (AvgIpc) is 3.42. The number of amides is 2. The zero-order chi connectivity index (χ0) is 28.1. The standard InChI is InChI=1S/C31H38N2O6/c1-6-38-29(37)25-24-28(36)33(22(17-34)15-21-10-8-7-9-11-21)26(31(24)16-20(4)30(25,5)39-31)27(35)32-23-14-18(2)12-13-19(23)3/h7-14,20,22,24-26,34H,6,15-17H2,1-5H3,(H,32,35)/t20?,22-,24+,25+,26?,30-,31?/m1/s1. The molecule has 208 valence electrons. The molecule has 1 spiro atoms. The SMILES string of the molecule is CCOC(=O)[C@@H]1[C@H]2C(=O)N([C@@H](CO)Cc3ccccc3)C(C(=O)Nc3cc(C)ccc3C)C23CC(C)[C@@]1(C)O3. The van der Waals surface area contributed by atoms with Gasteiger partial charge in [0.25, 0.3) is 0 Å². The van der Waals surface area contributed by atoms with E-state index in [1.54, 1.807) is 6.92 Å². The number of carbonyl (C=O) groups excluding carboxylic acids is 3. The maximum atomic E-state index is 14.4. The molecule has 3 aliphatic heterocycles. The Morgan fingerprint density at radius 3 is 2.59 bits per heavy atom. The third-order valence-electron chi connectivity index (χ3n) is 9.11. The van der Waals surface area contributed by atoms with Crippen LogP contribution in [0.2, 0.25) is 0 Å². The molecule has 3 fully saturated rings. The first-order chi connectivity index (χ1) is 18.6. The maximum absolute atomic E-state index is 14.4. The molecule has 3 unspecified atom stereocenters. The van der Waals surface area contributed by atoms with Crippen molar-refractivity contribution in [2.75, 3.05) is 18.5 Å². The molecule has 0 aliphatic carbocycles. The highest BCUT2D eigenvalue weighted by Gasteiger charge is 2.80. The zero-order valence-electron chi connectivity index (χ0n) is 23.3. The summed E-state index contributed by atoms with van der Waals surface area (Å²) in [5, 5.41) is 13.6. The van der Waals surface area contributed by atoms with Gasteiger partial charge in [0.2, 0.25) is 11.8 Å². The van der Waals surface area contributed by atoms with Crippen molar-refractivity contribution in [1.82, 2.24) is 4.90 Å². The Kier molecular flexibility index (Phi) is 7.06. The van der Waals surface area contributed by atoms with E-state index in [-0.39, 0.29) is 30.9 Å². The van der Waals surface area contributed by atoms with Gasteiger partial charge >= 0.3 is 5.97 Å². The van der Waals surface area contributed by atoms with Gasteiger partial charge in [-0.3, -0.25) is 14.4 Å². The van der Waals surface area contributed by atoms with Crippen LogP contribution in [0.3, 0.4) is 0 Å². The van der Waals surface area contributed by atoms with Crippen molar-refractivity contribution in [3.05, 3.63) is 65.2 Å². The summed E-state index contributed by atoms with van der Waals surface area (Å²) in [6, 6.07) is 13.7. The van der Waals surface area contributed by atoms with E-state index < -0.39 is 41.1 Å². The number of aryl methyl sites for hydroxylation is 2. The summed E-state index contributed by atoms with van der Waals surface area (Å²) in [4.78, 5) is 43.5. The molecule has 0 radical (unpaired) electrons. The highest BCUT2D eigenvalue weighted by molar-refractivity contribution is 6.04. The lowest BCUT2D eigenvalue weighted by atomic mass is 9.62. The number of benzene rings is 2. The number of anilines is 1. The van der Waals surface area contributed by atoms with Crippen molar-refractivity contribution in [3.8, 4) is 0 Å². The van der Waals surface area contributed by atoms with Crippen molar-refractivity contribution in [2.24, 2.45) is 17.8 Å². The molecule has 7 atom stereocenters. The first-order valence-corrected chi connectivity index (χ1v) is 13.8. The lowest BCUT2D eigenvalue weighted by Gasteiger charge is -2.37. The van der Waals surface area contributed by atoms with Crippen LogP contribution in [-0.2, 0) is 30.3 Å². The molecule has 39 heavy (non-hydrogen) atoms. The van der Waals surface area contributed by atoms with E-state index in [0.29, 0.717) is 18.5 Å². The molecule has 3 heterocycles. The average molecular weight is 535 g/mol. The summed E-state index contributed by atoms with van der Waals surface area (Å²) < 4.78 is 12.2. The molecule has 2 amide bonds. The largest absolute Gasteiger partial charge is 0.466 e.